The number of piperidine rings is 3. The summed E-state index contributed by atoms with van der Waals surface area (Å²) in [6.45, 7) is 1.91. The van der Waals surface area contributed by atoms with Crippen molar-refractivity contribution in [1.29, 1.82) is 5.26 Å². The number of carbonyl (C=O) groups is 3. The summed E-state index contributed by atoms with van der Waals surface area (Å²) in [5.41, 5.74) is -0.273. The Labute approximate surface area is 211 Å². The van der Waals surface area contributed by atoms with Crippen LogP contribution in [0.15, 0.2) is 18.2 Å². The van der Waals surface area contributed by atoms with Crippen molar-refractivity contribution < 1.29 is 31.9 Å². The number of benzene rings is 1. The molecule has 5 rings (SSSR count). The standard InChI is InChI=1S/C25H29F4N5O3/c1-13(32-20-10-15(26)4-7-19(20)27)24(37)34-17-5-6-18(25(28,29)11-17)21(34)23(36)33-16(12-30)9-14-3-2-8-31-22(14)35/h4,7,10,13-14,16-18,21,32H,2-3,5-6,8-9,11H2,1H3,(H,31,35)(H,33,36)/t13-,14+,16-,17-,18-,21-/m0/s1. The Morgan fingerprint density at radius 2 is 2.03 bits per heavy atom. The Kier molecular flexibility index (Phi) is 7.62. The Morgan fingerprint density at radius 3 is 2.70 bits per heavy atom. The van der Waals surface area contributed by atoms with Gasteiger partial charge in [0.1, 0.15) is 29.8 Å². The van der Waals surface area contributed by atoms with Gasteiger partial charge in [-0.15, -0.1) is 0 Å². The molecule has 3 saturated heterocycles. The summed E-state index contributed by atoms with van der Waals surface area (Å²) in [4.78, 5) is 40.0. The van der Waals surface area contributed by atoms with Gasteiger partial charge in [-0.1, -0.05) is 0 Å². The maximum atomic E-state index is 14.9. The highest BCUT2D eigenvalue weighted by Crippen LogP contribution is 2.49. The van der Waals surface area contributed by atoms with Crippen molar-refractivity contribution in [3.8, 4) is 6.07 Å². The molecule has 4 aliphatic rings. The normalized spacial score (nSPS) is 28.0. The number of amides is 3. The number of nitrogens with one attached hydrogen (secondary N) is 3. The molecule has 0 spiro atoms. The third-order valence-corrected chi connectivity index (χ3v) is 7.52. The van der Waals surface area contributed by atoms with Gasteiger partial charge in [0.25, 0.3) is 5.92 Å². The fourth-order valence-corrected chi connectivity index (χ4v) is 5.70. The second-order valence-corrected chi connectivity index (χ2v) is 10.0. The molecule has 4 fully saturated rings. The molecule has 8 nitrogen and oxygen atoms in total. The van der Waals surface area contributed by atoms with Crippen LogP contribution in [-0.4, -0.2) is 59.3 Å². The summed E-state index contributed by atoms with van der Waals surface area (Å²) < 4.78 is 57.5. The van der Waals surface area contributed by atoms with E-state index in [0.717, 1.165) is 29.5 Å². The van der Waals surface area contributed by atoms with Crippen molar-refractivity contribution in [1.82, 2.24) is 15.5 Å². The minimum atomic E-state index is -3.20. The van der Waals surface area contributed by atoms with Gasteiger partial charge >= 0.3 is 0 Å². The number of fused-ring (bicyclic) bond motifs is 3. The molecular formula is C25H29F4N5O3. The van der Waals surface area contributed by atoms with Crippen LogP contribution in [0.4, 0.5) is 23.2 Å². The molecule has 1 aliphatic carbocycles. The molecule has 3 amide bonds. The third kappa shape index (κ3) is 5.50. The zero-order valence-corrected chi connectivity index (χ0v) is 20.3. The fourth-order valence-electron chi connectivity index (χ4n) is 5.70. The van der Waals surface area contributed by atoms with Gasteiger partial charge in [-0.3, -0.25) is 14.4 Å². The van der Waals surface area contributed by atoms with Crippen molar-refractivity contribution in [3.63, 3.8) is 0 Å². The Bertz CT molecular complexity index is 1110. The molecule has 1 aromatic rings. The molecule has 0 unspecified atom stereocenters. The molecule has 3 N–H and O–H groups in total. The van der Waals surface area contributed by atoms with E-state index in [1.54, 1.807) is 0 Å². The molecule has 3 aliphatic heterocycles. The summed E-state index contributed by atoms with van der Waals surface area (Å²) in [7, 11) is 0. The second kappa shape index (κ2) is 10.6. The van der Waals surface area contributed by atoms with E-state index in [-0.39, 0.29) is 30.9 Å². The van der Waals surface area contributed by atoms with Crippen molar-refractivity contribution in [2.24, 2.45) is 11.8 Å². The topological polar surface area (TPSA) is 114 Å². The highest BCUT2D eigenvalue weighted by atomic mass is 19.3. The van der Waals surface area contributed by atoms with E-state index < -0.39 is 71.8 Å². The van der Waals surface area contributed by atoms with Gasteiger partial charge in [0, 0.05) is 24.9 Å². The fraction of sp³-hybridized carbons (Fsp3) is 0.600. The minimum absolute atomic E-state index is 0.0160. The van der Waals surface area contributed by atoms with Crippen molar-refractivity contribution >= 4 is 23.4 Å². The lowest BCUT2D eigenvalue weighted by molar-refractivity contribution is -0.194. The molecule has 1 saturated carbocycles. The number of halogens is 4. The second-order valence-electron chi connectivity index (χ2n) is 10.0. The van der Waals surface area contributed by atoms with Crippen LogP contribution >= 0.6 is 0 Å². The average Bonchev–Trinajstić information content (AvgIpc) is 2.85. The highest BCUT2D eigenvalue weighted by Gasteiger charge is 2.60. The van der Waals surface area contributed by atoms with Crippen LogP contribution in [0.25, 0.3) is 0 Å². The molecule has 37 heavy (non-hydrogen) atoms. The zero-order chi connectivity index (χ0) is 26.9. The summed E-state index contributed by atoms with van der Waals surface area (Å²) in [6.07, 6.45) is 0.952. The van der Waals surface area contributed by atoms with Gasteiger partial charge in [0.15, 0.2) is 0 Å². The quantitative estimate of drug-likeness (QED) is 0.476. The van der Waals surface area contributed by atoms with Crippen LogP contribution in [0.3, 0.4) is 0 Å². The van der Waals surface area contributed by atoms with Crippen LogP contribution < -0.4 is 16.0 Å². The van der Waals surface area contributed by atoms with Crippen LogP contribution in [-0.2, 0) is 14.4 Å². The van der Waals surface area contributed by atoms with E-state index in [1.807, 2.05) is 6.07 Å². The first-order valence-electron chi connectivity index (χ1n) is 12.4. The SMILES string of the molecule is C[C@H](Nc1cc(F)ccc1F)C(=O)N1[C@H]2CC[C@@H]([C@H]1C(=O)N[C@H](C#N)C[C@H]1CCCNC1=O)C(F)(F)C2. The van der Waals surface area contributed by atoms with Crippen LogP contribution in [0.2, 0.25) is 0 Å². The predicted octanol–water partition coefficient (Wildman–Crippen LogP) is 2.70. The lowest BCUT2D eigenvalue weighted by Gasteiger charge is -2.54. The summed E-state index contributed by atoms with van der Waals surface area (Å²) >= 11 is 0. The lowest BCUT2D eigenvalue weighted by Crippen LogP contribution is -2.70. The monoisotopic (exact) mass is 523 g/mol. The number of alkyl halides is 2. The van der Waals surface area contributed by atoms with Gasteiger partial charge in [-0.2, -0.15) is 5.26 Å². The highest BCUT2D eigenvalue weighted by molar-refractivity contribution is 5.92. The molecule has 200 valence electrons. The number of hydrogen-bond donors (Lipinski definition) is 3. The smallest absolute Gasteiger partial charge is 0.255 e. The van der Waals surface area contributed by atoms with E-state index in [4.69, 9.17) is 0 Å². The number of nitrogens with zero attached hydrogens (tertiary/aromatic N) is 2. The van der Waals surface area contributed by atoms with E-state index >= 15 is 0 Å². The van der Waals surface area contributed by atoms with E-state index in [2.05, 4.69) is 16.0 Å². The minimum Gasteiger partial charge on any atom is -0.371 e. The van der Waals surface area contributed by atoms with Crippen LogP contribution in [0.5, 0.6) is 0 Å². The maximum Gasteiger partial charge on any atom is 0.255 e. The first-order valence-corrected chi connectivity index (χ1v) is 12.4. The molecule has 12 heteroatoms. The molecule has 0 aromatic heterocycles. The van der Waals surface area contributed by atoms with Gasteiger partial charge in [-0.25, -0.2) is 17.6 Å². The summed E-state index contributed by atoms with van der Waals surface area (Å²) in [6, 6.07) is -0.139. The third-order valence-electron chi connectivity index (χ3n) is 7.52. The summed E-state index contributed by atoms with van der Waals surface area (Å²) in [5.74, 6) is -8.52. The van der Waals surface area contributed by atoms with E-state index in [9.17, 15) is 37.2 Å². The number of carbonyl (C=O) groups excluding carboxylic acids is 3. The number of rotatable bonds is 7. The lowest BCUT2D eigenvalue weighted by atomic mass is 9.71. The first kappa shape index (κ1) is 26.7. The molecule has 1 aromatic carbocycles. The van der Waals surface area contributed by atoms with Crippen LogP contribution in [0, 0.1) is 34.8 Å². The predicted molar refractivity (Wildman–Crippen MR) is 124 cm³/mol. The van der Waals surface area contributed by atoms with Gasteiger partial charge in [0.2, 0.25) is 17.7 Å². The number of anilines is 1. The molecule has 2 bridgehead atoms. The number of hydrogen-bond acceptors (Lipinski definition) is 5. The number of nitriles is 1. The first-order chi connectivity index (χ1) is 17.5. The van der Waals surface area contributed by atoms with Crippen LogP contribution in [0.1, 0.15) is 45.4 Å². The van der Waals surface area contributed by atoms with Gasteiger partial charge < -0.3 is 20.9 Å². The summed E-state index contributed by atoms with van der Waals surface area (Å²) in [5, 5.41) is 17.4. The Hall–Kier alpha value is -3.36. The molecular weight excluding hydrogens is 494 g/mol. The van der Waals surface area contributed by atoms with Gasteiger partial charge in [-0.05, 0) is 57.2 Å². The molecule has 3 heterocycles. The average molecular weight is 524 g/mol. The van der Waals surface area contributed by atoms with Crippen molar-refractivity contribution in [3.05, 3.63) is 29.8 Å². The zero-order valence-electron chi connectivity index (χ0n) is 20.3. The van der Waals surface area contributed by atoms with Crippen molar-refractivity contribution in [2.45, 2.75) is 75.5 Å². The van der Waals surface area contributed by atoms with Gasteiger partial charge in [0.05, 0.1) is 17.7 Å². The maximum absolute atomic E-state index is 14.9. The molecule has 0 radical (unpaired) electrons. The van der Waals surface area contributed by atoms with E-state index in [1.165, 1.54) is 6.92 Å². The van der Waals surface area contributed by atoms with E-state index in [0.29, 0.717) is 13.0 Å². The Balaban J connectivity index is 1.54. The van der Waals surface area contributed by atoms with Crippen molar-refractivity contribution in [2.75, 3.05) is 11.9 Å². The molecule has 6 atom stereocenters. The Morgan fingerprint density at radius 1 is 1.27 bits per heavy atom. The largest absolute Gasteiger partial charge is 0.371 e.